The highest BCUT2D eigenvalue weighted by Crippen LogP contribution is 2.50. The molecule has 12 rings (SSSR count). The van der Waals surface area contributed by atoms with Crippen molar-refractivity contribution in [3.05, 3.63) is 206 Å². The maximum atomic E-state index is 5.11. The predicted molar refractivity (Wildman–Crippen MR) is 252 cm³/mol. The Morgan fingerprint density at radius 2 is 0.833 bits per heavy atom. The van der Waals surface area contributed by atoms with Gasteiger partial charge in [0.25, 0.3) is 0 Å². The van der Waals surface area contributed by atoms with Crippen molar-refractivity contribution in [2.75, 3.05) is 0 Å². The molecule has 60 heavy (non-hydrogen) atoms. The van der Waals surface area contributed by atoms with Gasteiger partial charge in [0, 0.05) is 47.6 Å². The summed E-state index contributed by atoms with van der Waals surface area (Å²) in [4.78, 5) is 15.2. The summed E-state index contributed by atoms with van der Waals surface area (Å²) in [7, 11) is 0. The molecule has 0 bridgehead atoms. The minimum Gasteiger partial charge on any atom is -0.278 e. The number of nitrogens with zero attached hydrogens (tertiary/aromatic N) is 4. The number of para-hydroxylation sites is 1. The normalized spacial score (nSPS) is 11.7. The topological polar surface area (TPSA) is 43.6 Å². The van der Waals surface area contributed by atoms with E-state index in [0.29, 0.717) is 17.6 Å². The Kier molecular flexibility index (Phi) is 8.00. The highest BCUT2D eigenvalue weighted by atomic mass is 32.1. The molecule has 3 heterocycles. The number of fused-ring (bicyclic) bond motifs is 8. The first-order valence-corrected chi connectivity index (χ1v) is 21.0. The van der Waals surface area contributed by atoms with Crippen LogP contribution in [0.1, 0.15) is 0 Å². The van der Waals surface area contributed by atoms with E-state index in [1.807, 2.05) is 72.0 Å². The number of aromatic nitrogens is 4. The fourth-order valence-corrected chi connectivity index (χ4v) is 10.2. The SMILES string of the molecule is c1ccc(-c2nc(-c3ccccc3)nc(-n3c4ccccc4c4cc(-c5ccc(-c6c(-c7ccccc7)c7sc8ccccc8c7c7ccccc67)cc5)ccc43)n2)cc1. The van der Waals surface area contributed by atoms with Gasteiger partial charge in [-0.3, -0.25) is 4.57 Å². The lowest BCUT2D eigenvalue weighted by Gasteiger charge is -2.17. The van der Waals surface area contributed by atoms with Gasteiger partial charge in [0.1, 0.15) is 0 Å². The van der Waals surface area contributed by atoms with Crippen molar-refractivity contribution in [1.29, 1.82) is 0 Å². The highest BCUT2D eigenvalue weighted by Gasteiger charge is 2.22. The number of thiophene rings is 1. The van der Waals surface area contributed by atoms with Crippen LogP contribution in [0.5, 0.6) is 0 Å². The summed E-state index contributed by atoms with van der Waals surface area (Å²) in [5.41, 5.74) is 11.3. The van der Waals surface area contributed by atoms with E-state index in [1.165, 1.54) is 53.2 Å². The second kappa shape index (κ2) is 14.0. The maximum absolute atomic E-state index is 5.11. The molecular weight excluding hydrogens is 749 g/mol. The van der Waals surface area contributed by atoms with Crippen LogP contribution < -0.4 is 0 Å². The first kappa shape index (κ1) is 34.3. The third-order valence-electron chi connectivity index (χ3n) is 11.7. The van der Waals surface area contributed by atoms with E-state index in [2.05, 4.69) is 150 Å². The third-order valence-corrected chi connectivity index (χ3v) is 12.9. The smallest absolute Gasteiger partial charge is 0.238 e. The average Bonchev–Trinajstić information content (AvgIpc) is 3.88. The maximum Gasteiger partial charge on any atom is 0.238 e. The van der Waals surface area contributed by atoms with Gasteiger partial charge in [-0.2, -0.15) is 9.97 Å². The van der Waals surface area contributed by atoms with Crippen LogP contribution in [0.15, 0.2) is 206 Å². The molecule has 3 aromatic heterocycles. The molecule has 0 aliphatic rings. The second-order valence-electron chi connectivity index (χ2n) is 15.1. The summed E-state index contributed by atoms with van der Waals surface area (Å²) >= 11 is 1.89. The van der Waals surface area contributed by atoms with Gasteiger partial charge in [-0.05, 0) is 62.9 Å². The van der Waals surface area contributed by atoms with Crippen LogP contribution >= 0.6 is 11.3 Å². The number of rotatable bonds is 6. The Morgan fingerprint density at radius 1 is 0.333 bits per heavy atom. The van der Waals surface area contributed by atoms with Gasteiger partial charge in [0.05, 0.1) is 11.0 Å². The van der Waals surface area contributed by atoms with Gasteiger partial charge in [-0.25, -0.2) is 4.98 Å². The third kappa shape index (κ3) is 5.55. The molecule has 0 saturated heterocycles. The van der Waals surface area contributed by atoms with Crippen molar-refractivity contribution in [1.82, 2.24) is 19.5 Å². The van der Waals surface area contributed by atoms with Crippen molar-refractivity contribution in [2.45, 2.75) is 0 Å². The van der Waals surface area contributed by atoms with E-state index in [-0.39, 0.29) is 0 Å². The molecule has 0 amide bonds. The quantitative estimate of drug-likeness (QED) is 0.169. The lowest BCUT2D eigenvalue weighted by Crippen LogP contribution is -2.06. The molecule has 0 saturated carbocycles. The summed E-state index contributed by atoms with van der Waals surface area (Å²) in [6, 6.07) is 73.3. The van der Waals surface area contributed by atoms with Crippen LogP contribution in [0.4, 0.5) is 0 Å². The van der Waals surface area contributed by atoms with Gasteiger partial charge >= 0.3 is 0 Å². The Labute approximate surface area is 350 Å². The standard InChI is InChI=1S/C55H34N4S/c1-4-16-36(17-5-1)50-49(42-23-10-11-24-43(42)51-44-25-13-15-27-48(44)60-52(50)51)37-30-28-35(29-31-37)40-32-33-47-45(34-40)41-22-12-14-26-46(41)59(47)55-57-53(38-18-6-2-7-19-38)56-54(58-55)39-20-8-3-9-21-39/h1-34H. The number of hydrogen-bond donors (Lipinski definition) is 0. The van der Waals surface area contributed by atoms with Gasteiger partial charge in [0.15, 0.2) is 11.6 Å². The molecule has 4 nitrogen and oxygen atoms in total. The monoisotopic (exact) mass is 782 g/mol. The van der Waals surface area contributed by atoms with Crippen LogP contribution in [-0.4, -0.2) is 19.5 Å². The minimum absolute atomic E-state index is 0.586. The molecular formula is C55H34N4S. The molecule has 0 N–H and O–H groups in total. The van der Waals surface area contributed by atoms with Crippen LogP contribution in [-0.2, 0) is 0 Å². The van der Waals surface area contributed by atoms with Crippen molar-refractivity contribution < 1.29 is 0 Å². The second-order valence-corrected chi connectivity index (χ2v) is 16.2. The fraction of sp³-hybridized carbons (Fsp3) is 0. The molecule has 0 aliphatic carbocycles. The first-order chi connectivity index (χ1) is 29.8. The van der Waals surface area contributed by atoms with E-state index in [9.17, 15) is 0 Å². The van der Waals surface area contributed by atoms with E-state index < -0.39 is 0 Å². The van der Waals surface area contributed by atoms with E-state index in [1.54, 1.807) is 0 Å². The summed E-state index contributed by atoms with van der Waals surface area (Å²) in [5.74, 6) is 1.86. The average molecular weight is 783 g/mol. The lowest BCUT2D eigenvalue weighted by atomic mass is 9.87. The van der Waals surface area contributed by atoms with Crippen LogP contribution in [0.2, 0.25) is 0 Å². The minimum atomic E-state index is 0.586. The van der Waals surface area contributed by atoms with Crippen LogP contribution in [0, 0.1) is 0 Å². The molecule has 12 aromatic rings. The Bertz CT molecular complexity index is 3520. The van der Waals surface area contributed by atoms with E-state index >= 15 is 0 Å². The molecule has 0 aliphatic heterocycles. The largest absolute Gasteiger partial charge is 0.278 e. The molecule has 280 valence electrons. The summed E-state index contributed by atoms with van der Waals surface area (Å²) in [5, 5.41) is 7.48. The summed E-state index contributed by atoms with van der Waals surface area (Å²) < 4.78 is 4.81. The molecule has 0 spiro atoms. The fourth-order valence-electron chi connectivity index (χ4n) is 8.93. The zero-order chi connectivity index (χ0) is 39.6. The zero-order valence-corrected chi connectivity index (χ0v) is 33.1. The van der Waals surface area contributed by atoms with Crippen molar-refractivity contribution in [3.8, 4) is 62.1 Å². The van der Waals surface area contributed by atoms with Gasteiger partial charge in [-0.1, -0.05) is 182 Å². The Morgan fingerprint density at radius 3 is 1.52 bits per heavy atom. The van der Waals surface area contributed by atoms with Crippen LogP contribution in [0.25, 0.3) is 115 Å². The van der Waals surface area contributed by atoms with Crippen molar-refractivity contribution >= 4 is 64.1 Å². The molecule has 0 radical (unpaired) electrons. The first-order valence-electron chi connectivity index (χ1n) is 20.2. The molecule has 0 fully saturated rings. The molecule has 0 atom stereocenters. The van der Waals surface area contributed by atoms with Gasteiger partial charge in [-0.15, -0.1) is 11.3 Å². The van der Waals surface area contributed by atoms with E-state index in [0.717, 1.165) is 44.1 Å². The summed E-state index contributed by atoms with van der Waals surface area (Å²) in [6.45, 7) is 0. The van der Waals surface area contributed by atoms with Crippen molar-refractivity contribution in [2.24, 2.45) is 0 Å². The molecule has 5 heteroatoms. The Balaban J connectivity index is 1.02. The van der Waals surface area contributed by atoms with Crippen LogP contribution in [0.3, 0.4) is 0 Å². The van der Waals surface area contributed by atoms with Gasteiger partial charge in [0.2, 0.25) is 5.95 Å². The zero-order valence-electron chi connectivity index (χ0n) is 32.3. The molecule has 9 aromatic carbocycles. The summed E-state index contributed by atoms with van der Waals surface area (Å²) in [6.07, 6.45) is 0. The number of benzene rings is 9. The Hall–Kier alpha value is -7.73. The lowest BCUT2D eigenvalue weighted by molar-refractivity contribution is 0.953. The van der Waals surface area contributed by atoms with Gasteiger partial charge < -0.3 is 0 Å². The predicted octanol–water partition coefficient (Wildman–Crippen LogP) is 14.8. The highest BCUT2D eigenvalue weighted by molar-refractivity contribution is 7.26. The van der Waals surface area contributed by atoms with Crippen molar-refractivity contribution in [3.63, 3.8) is 0 Å². The number of hydrogen-bond acceptors (Lipinski definition) is 4. The molecule has 0 unspecified atom stereocenters. The van der Waals surface area contributed by atoms with E-state index in [4.69, 9.17) is 15.0 Å².